The first-order valence-corrected chi connectivity index (χ1v) is 8.55. The predicted octanol–water partition coefficient (Wildman–Crippen LogP) is 4.01. The van der Waals surface area contributed by atoms with E-state index >= 15 is 0 Å². The van der Waals surface area contributed by atoms with E-state index in [1.54, 1.807) is 7.05 Å². The van der Waals surface area contributed by atoms with Gasteiger partial charge in [-0.1, -0.05) is 45.9 Å². The van der Waals surface area contributed by atoms with Crippen LogP contribution >= 0.6 is 27.7 Å². The zero-order valence-electron chi connectivity index (χ0n) is 12.5. The maximum absolute atomic E-state index is 12.6. The number of hydrogen-bond donors (Lipinski definition) is 0. The molecule has 0 saturated carbocycles. The number of hydrogen-bond acceptors (Lipinski definition) is 4. The molecule has 0 atom stereocenters. The van der Waals surface area contributed by atoms with Gasteiger partial charge in [0.2, 0.25) is 5.91 Å². The Morgan fingerprint density at radius 3 is 2.67 bits per heavy atom. The molecule has 2 aromatic rings. The number of aromatic nitrogens is 2. The molecule has 1 aromatic carbocycles. The van der Waals surface area contributed by atoms with Gasteiger partial charge < -0.3 is 4.90 Å². The average molecular weight is 420 g/mol. The average Bonchev–Trinajstić information content (AvgIpc) is 2.54. The minimum Gasteiger partial charge on any atom is -0.341 e. The number of alkyl halides is 3. The molecule has 9 heteroatoms. The molecule has 0 aliphatic rings. The molecule has 1 amide bonds. The summed E-state index contributed by atoms with van der Waals surface area (Å²) in [5.41, 5.74) is -0.0808. The molecule has 24 heavy (non-hydrogen) atoms. The number of thioether (sulfide) groups is 1. The molecule has 0 fully saturated rings. The van der Waals surface area contributed by atoms with Gasteiger partial charge in [-0.25, -0.2) is 9.97 Å². The van der Waals surface area contributed by atoms with Crippen molar-refractivity contribution in [2.45, 2.75) is 17.9 Å². The minimum absolute atomic E-state index is 0.0394. The Bertz CT molecular complexity index is 727. The fraction of sp³-hybridized carbons (Fsp3) is 0.267. The van der Waals surface area contributed by atoms with E-state index in [0.29, 0.717) is 6.54 Å². The van der Waals surface area contributed by atoms with Crippen molar-refractivity contribution in [1.29, 1.82) is 0 Å². The summed E-state index contributed by atoms with van der Waals surface area (Å²) in [5.74, 6) is -0.265. The second kappa shape index (κ2) is 7.98. The van der Waals surface area contributed by atoms with Gasteiger partial charge in [0.05, 0.1) is 5.75 Å². The Morgan fingerprint density at radius 1 is 1.29 bits per heavy atom. The van der Waals surface area contributed by atoms with Crippen molar-refractivity contribution in [3.8, 4) is 0 Å². The number of carbonyl (C=O) groups is 1. The van der Waals surface area contributed by atoms with Gasteiger partial charge in [-0.15, -0.1) is 0 Å². The lowest BCUT2D eigenvalue weighted by Gasteiger charge is -2.17. The van der Waals surface area contributed by atoms with Crippen LogP contribution in [0.5, 0.6) is 0 Å². The topological polar surface area (TPSA) is 46.1 Å². The smallest absolute Gasteiger partial charge is 0.341 e. The molecule has 0 aliphatic heterocycles. The van der Waals surface area contributed by atoms with Crippen LogP contribution in [0.25, 0.3) is 0 Å². The lowest BCUT2D eigenvalue weighted by molar-refractivity contribution is -0.141. The van der Waals surface area contributed by atoms with Gasteiger partial charge >= 0.3 is 6.18 Å². The van der Waals surface area contributed by atoms with Crippen LogP contribution in [0.4, 0.5) is 13.2 Å². The van der Waals surface area contributed by atoms with Gasteiger partial charge in [0.15, 0.2) is 5.16 Å². The van der Waals surface area contributed by atoms with Crippen molar-refractivity contribution in [3.63, 3.8) is 0 Å². The first kappa shape index (κ1) is 18.7. The maximum Gasteiger partial charge on any atom is 0.433 e. The Balaban J connectivity index is 1.94. The summed E-state index contributed by atoms with van der Waals surface area (Å²) in [6.07, 6.45) is -3.49. The third kappa shape index (κ3) is 5.20. The van der Waals surface area contributed by atoms with Crippen molar-refractivity contribution >= 4 is 33.6 Å². The van der Waals surface area contributed by atoms with E-state index in [2.05, 4.69) is 25.9 Å². The standard InChI is InChI=1S/C15H13BrF3N3OS/c1-22(8-10-4-2-3-5-11(10)16)13(23)9-24-14-20-7-6-12(21-14)15(17,18)19/h2-7H,8-9H2,1H3. The van der Waals surface area contributed by atoms with Crippen molar-refractivity contribution in [3.05, 3.63) is 52.3 Å². The Morgan fingerprint density at radius 2 is 2.00 bits per heavy atom. The van der Waals surface area contributed by atoms with E-state index in [1.165, 1.54) is 4.90 Å². The summed E-state index contributed by atoms with van der Waals surface area (Å²) in [5, 5.41) is -0.0764. The highest BCUT2D eigenvalue weighted by Crippen LogP contribution is 2.28. The summed E-state index contributed by atoms with van der Waals surface area (Å²) >= 11 is 4.28. The molecular weight excluding hydrogens is 407 g/mol. The molecule has 0 spiro atoms. The molecule has 0 bridgehead atoms. The van der Waals surface area contributed by atoms with E-state index in [4.69, 9.17) is 0 Å². The molecule has 1 heterocycles. The normalized spacial score (nSPS) is 11.4. The van der Waals surface area contributed by atoms with Crippen LogP contribution in [-0.2, 0) is 17.5 Å². The Labute approximate surface area is 149 Å². The SMILES string of the molecule is CN(Cc1ccccc1Br)C(=O)CSc1nccc(C(F)(F)F)n1. The van der Waals surface area contributed by atoms with Gasteiger partial charge in [-0.05, 0) is 17.7 Å². The molecule has 4 nitrogen and oxygen atoms in total. The molecule has 2 rings (SSSR count). The highest BCUT2D eigenvalue weighted by atomic mass is 79.9. The van der Waals surface area contributed by atoms with E-state index in [0.717, 1.165) is 34.1 Å². The monoisotopic (exact) mass is 419 g/mol. The van der Waals surface area contributed by atoms with Gasteiger partial charge in [0.25, 0.3) is 0 Å². The number of rotatable bonds is 5. The zero-order valence-corrected chi connectivity index (χ0v) is 15.0. The van der Waals surface area contributed by atoms with Gasteiger partial charge in [0.1, 0.15) is 5.69 Å². The minimum atomic E-state index is -4.53. The molecular formula is C15H13BrF3N3OS. The zero-order chi connectivity index (χ0) is 17.7. The Kier molecular flexibility index (Phi) is 6.22. The van der Waals surface area contributed by atoms with Crippen molar-refractivity contribution in [1.82, 2.24) is 14.9 Å². The van der Waals surface area contributed by atoms with Gasteiger partial charge in [-0.2, -0.15) is 13.2 Å². The van der Waals surface area contributed by atoms with Crippen molar-refractivity contribution in [2.75, 3.05) is 12.8 Å². The first-order valence-electron chi connectivity index (χ1n) is 6.78. The van der Waals surface area contributed by atoms with Crippen LogP contribution in [0.1, 0.15) is 11.3 Å². The van der Waals surface area contributed by atoms with Crippen LogP contribution in [-0.4, -0.2) is 33.6 Å². The molecule has 0 N–H and O–H groups in total. The van der Waals surface area contributed by atoms with Crippen LogP contribution in [0, 0.1) is 0 Å². The lowest BCUT2D eigenvalue weighted by atomic mass is 10.2. The van der Waals surface area contributed by atoms with Crippen molar-refractivity contribution < 1.29 is 18.0 Å². The van der Waals surface area contributed by atoms with Crippen LogP contribution in [0.3, 0.4) is 0 Å². The van der Waals surface area contributed by atoms with Crippen molar-refractivity contribution in [2.24, 2.45) is 0 Å². The van der Waals surface area contributed by atoms with E-state index < -0.39 is 11.9 Å². The lowest BCUT2D eigenvalue weighted by Crippen LogP contribution is -2.28. The summed E-state index contributed by atoms with van der Waals surface area (Å²) in [6, 6.07) is 8.29. The highest BCUT2D eigenvalue weighted by Gasteiger charge is 2.32. The largest absolute Gasteiger partial charge is 0.433 e. The number of carbonyl (C=O) groups excluding carboxylic acids is 1. The van der Waals surface area contributed by atoms with Gasteiger partial charge in [0, 0.05) is 24.3 Å². The third-order valence-corrected chi connectivity index (χ3v) is 4.66. The van der Waals surface area contributed by atoms with Crippen LogP contribution in [0.2, 0.25) is 0 Å². The summed E-state index contributed by atoms with van der Waals surface area (Å²) in [6.45, 7) is 0.393. The molecule has 0 unspecified atom stereocenters. The molecule has 0 saturated heterocycles. The second-order valence-corrected chi connectivity index (χ2v) is 6.65. The summed E-state index contributed by atoms with van der Waals surface area (Å²) in [4.78, 5) is 20.8. The molecule has 0 aliphatic carbocycles. The molecule has 1 aromatic heterocycles. The summed E-state index contributed by atoms with van der Waals surface area (Å²) < 4.78 is 38.7. The quantitative estimate of drug-likeness (QED) is 0.542. The van der Waals surface area contributed by atoms with E-state index in [-0.39, 0.29) is 16.8 Å². The summed E-state index contributed by atoms with van der Waals surface area (Å²) in [7, 11) is 1.63. The van der Waals surface area contributed by atoms with Crippen LogP contribution in [0.15, 0.2) is 46.2 Å². The second-order valence-electron chi connectivity index (χ2n) is 4.85. The fourth-order valence-corrected chi connectivity index (χ4v) is 2.96. The predicted molar refractivity (Wildman–Crippen MR) is 88.4 cm³/mol. The first-order chi connectivity index (χ1) is 11.3. The molecule has 0 radical (unpaired) electrons. The number of nitrogens with zero attached hydrogens (tertiary/aromatic N) is 3. The third-order valence-electron chi connectivity index (χ3n) is 3.04. The van der Waals surface area contributed by atoms with E-state index in [9.17, 15) is 18.0 Å². The maximum atomic E-state index is 12.6. The van der Waals surface area contributed by atoms with Gasteiger partial charge in [-0.3, -0.25) is 4.79 Å². The van der Waals surface area contributed by atoms with E-state index in [1.807, 2.05) is 24.3 Å². The highest BCUT2D eigenvalue weighted by molar-refractivity contribution is 9.10. The Hall–Kier alpha value is -1.61. The number of halogens is 4. The number of amides is 1. The number of benzene rings is 1. The molecule has 128 valence electrons. The fourth-order valence-electron chi connectivity index (χ4n) is 1.78. The van der Waals surface area contributed by atoms with Crippen LogP contribution < -0.4 is 0 Å².